The monoisotopic (exact) mass is 342 g/mol. The highest BCUT2D eigenvalue weighted by Crippen LogP contribution is 2.32. The molecule has 24 heavy (non-hydrogen) atoms. The summed E-state index contributed by atoms with van der Waals surface area (Å²) in [5, 5.41) is 8.82. The molecule has 3 rings (SSSR count). The van der Waals surface area contributed by atoms with Gasteiger partial charge in [-0.05, 0) is 25.5 Å². The van der Waals surface area contributed by atoms with E-state index in [9.17, 15) is 4.79 Å². The highest BCUT2D eigenvalue weighted by molar-refractivity contribution is 8.00. The fraction of sp³-hybridized carbons (Fsp3) is 0.235. The minimum absolute atomic E-state index is 0.00586. The summed E-state index contributed by atoms with van der Waals surface area (Å²) in [6.45, 7) is 3.83. The molecule has 6 nitrogen and oxygen atoms in total. The lowest BCUT2D eigenvalue weighted by molar-refractivity contribution is -0.117. The van der Waals surface area contributed by atoms with E-state index in [-0.39, 0.29) is 11.9 Å². The number of hydrogen-bond acceptors (Lipinski definition) is 5. The molecule has 1 amide bonds. The molecule has 0 aliphatic carbocycles. The molecule has 0 fully saturated rings. The predicted molar refractivity (Wildman–Crippen MR) is 92.5 cm³/mol. The largest absolute Gasteiger partial charge is 0.472 e. The van der Waals surface area contributed by atoms with Crippen LogP contribution < -0.4 is 5.73 Å². The number of carbonyl (C=O) groups excluding carboxylic acids is 1. The number of aromatic nitrogens is 3. The average Bonchev–Trinajstić information content (AvgIpc) is 3.24. The van der Waals surface area contributed by atoms with Crippen LogP contribution in [0.1, 0.15) is 25.5 Å². The maximum absolute atomic E-state index is 11.4. The van der Waals surface area contributed by atoms with Crippen molar-refractivity contribution in [1.82, 2.24) is 14.8 Å². The Kier molecular flexibility index (Phi) is 4.71. The molecule has 0 aliphatic rings. The lowest BCUT2D eigenvalue weighted by Gasteiger charge is -2.18. The number of amides is 1. The van der Waals surface area contributed by atoms with E-state index >= 15 is 0 Å². The Morgan fingerprint density at radius 3 is 2.58 bits per heavy atom. The van der Waals surface area contributed by atoms with Crippen molar-refractivity contribution in [3.63, 3.8) is 0 Å². The number of benzene rings is 1. The van der Waals surface area contributed by atoms with Gasteiger partial charge in [0.1, 0.15) is 6.26 Å². The van der Waals surface area contributed by atoms with Crippen molar-refractivity contribution in [2.24, 2.45) is 5.73 Å². The van der Waals surface area contributed by atoms with Crippen LogP contribution in [0.15, 0.2) is 58.5 Å². The fourth-order valence-electron chi connectivity index (χ4n) is 2.39. The summed E-state index contributed by atoms with van der Waals surface area (Å²) in [6.07, 6.45) is 3.23. The minimum Gasteiger partial charge on any atom is -0.472 e. The molecule has 3 aromatic rings. The summed E-state index contributed by atoms with van der Waals surface area (Å²) in [6, 6.07) is 11.9. The molecule has 0 bridgehead atoms. The Labute approximate surface area is 144 Å². The zero-order valence-electron chi connectivity index (χ0n) is 13.4. The summed E-state index contributed by atoms with van der Waals surface area (Å²) in [5.41, 5.74) is 7.35. The number of primary amides is 1. The minimum atomic E-state index is -0.395. The van der Waals surface area contributed by atoms with Gasteiger partial charge < -0.3 is 10.2 Å². The SMILES string of the molecule is CC(Sc1nnc(-c2ccoc2)n1C(C)c1ccccc1)C(N)=O. The predicted octanol–water partition coefficient (Wildman–Crippen LogP) is 3.11. The number of hydrogen-bond donors (Lipinski definition) is 1. The second-order valence-electron chi connectivity index (χ2n) is 5.44. The van der Waals surface area contributed by atoms with Crippen molar-refractivity contribution in [2.45, 2.75) is 30.3 Å². The maximum atomic E-state index is 11.4. The quantitative estimate of drug-likeness (QED) is 0.696. The molecular formula is C17H18N4O2S. The second kappa shape index (κ2) is 6.92. The highest BCUT2D eigenvalue weighted by Gasteiger charge is 2.23. The zero-order chi connectivity index (χ0) is 17.1. The van der Waals surface area contributed by atoms with Gasteiger partial charge in [0.2, 0.25) is 5.91 Å². The smallest absolute Gasteiger partial charge is 0.230 e. The van der Waals surface area contributed by atoms with Crippen molar-refractivity contribution < 1.29 is 9.21 Å². The first-order valence-corrected chi connectivity index (χ1v) is 8.44. The van der Waals surface area contributed by atoms with Crippen molar-refractivity contribution in [2.75, 3.05) is 0 Å². The number of nitrogens with zero attached hydrogens (tertiary/aromatic N) is 3. The number of rotatable bonds is 6. The Bertz CT molecular complexity index is 815. The Balaban J connectivity index is 2.06. The normalized spacial score (nSPS) is 13.6. The summed E-state index contributed by atoms with van der Waals surface area (Å²) in [5.74, 6) is 0.311. The van der Waals surface area contributed by atoms with Gasteiger partial charge in [0.05, 0.1) is 23.1 Å². The van der Waals surface area contributed by atoms with E-state index in [1.54, 1.807) is 19.5 Å². The van der Waals surface area contributed by atoms with Crippen LogP contribution in [0.25, 0.3) is 11.4 Å². The van der Waals surface area contributed by atoms with Crippen molar-refractivity contribution in [1.29, 1.82) is 0 Å². The van der Waals surface area contributed by atoms with Gasteiger partial charge in [-0.2, -0.15) is 0 Å². The molecule has 2 heterocycles. The topological polar surface area (TPSA) is 86.9 Å². The van der Waals surface area contributed by atoms with Gasteiger partial charge in [0.25, 0.3) is 0 Å². The molecule has 0 spiro atoms. The van der Waals surface area contributed by atoms with Gasteiger partial charge in [0, 0.05) is 0 Å². The molecule has 124 valence electrons. The second-order valence-corrected chi connectivity index (χ2v) is 6.75. The van der Waals surface area contributed by atoms with Crippen LogP contribution in [0.3, 0.4) is 0 Å². The number of carbonyl (C=O) groups is 1. The first-order valence-electron chi connectivity index (χ1n) is 7.56. The summed E-state index contributed by atoms with van der Waals surface area (Å²) in [4.78, 5) is 11.4. The third kappa shape index (κ3) is 3.21. The lowest BCUT2D eigenvalue weighted by atomic mass is 10.1. The summed E-state index contributed by atoms with van der Waals surface area (Å²) >= 11 is 1.30. The van der Waals surface area contributed by atoms with Crippen LogP contribution in [-0.2, 0) is 4.79 Å². The zero-order valence-corrected chi connectivity index (χ0v) is 14.2. The Morgan fingerprint density at radius 2 is 1.96 bits per heavy atom. The average molecular weight is 342 g/mol. The molecule has 0 radical (unpaired) electrons. The van der Waals surface area contributed by atoms with Gasteiger partial charge in [0.15, 0.2) is 11.0 Å². The van der Waals surface area contributed by atoms with Crippen LogP contribution in [0.4, 0.5) is 0 Å². The third-order valence-electron chi connectivity index (χ3n) is 3.80. The van der Waals surface area contributed by atoms with Gasteiger partial charge in [-0.1, -0.05) is 42.1 Å². The first kappa shape index (κ1) is 16.3. The van der Waals surface area contributed by atoms with Crippen LogP contribution >= 0.6 is 11.8 Å². The van der Waals surface area contributed by atoms with E-state index in [1.807, 2.05) is 28.8 Å². The summed E-state index contributed by atoms with van der Waals surface area (Å²) < 4.78 is 7.18. The molecule has 1 aromatic carbocycles. The van der Waals surface area contributed by atoms with Crippen LogP contribution in [0, 0.1) is 0 Å². The van der Waals surface area contributed by atoms with Crippen LogP contribution in [0.2, 0.25) is 0 Å². The van der Waals surface area contributed by atoms with Crippen LogP contribution in [0.5, 0.6) is 0 Å². The molecule has 2 aromatic heterocycles. The maximum Gasteiger partial charge on any atom is 0.230 e. The van der Waals surface area contributed by atoms with Crippen LogP contribution in [-0.4, -0.2) is 25.9 Å². The lowest BCUT2D eigenvalue weighted by Crippen LogP contribution is -2.23. The van der Waals surface area contributed by atoms with E-state index in [1.165, 1.54) is 11.8 Å². The van der Waals surface area contributed by atoms with Gasteiger partial charge >= 0.3 is 0 Å². The molecule has 2 atom stereocenters. The van der Waals surface area contributed by atoms with E-state index in [2.05, 4.69) is 29.3 Å². The van der Waals surface area contributed by atoms with Crippen molar-refractivity contribution in [3.8, 4) is 11.4 Å². The third-order valence-corrected chi connectivity index (χ3v) is 4.87. The molecule has 2 unspecified atom stereocenters. The first-order chi connectivity index (χ1) is 11.6. The highest BCUT2D eigenvalue weighted by atomic mass is 32.2. The summed E-state index contributed by atoms with van der Waals surface area (Å²) in [7, 11) is 0. The van der Waals surface area contributed by atoms with Crippen molar-refractivity contribution >= 4 is 17.7 Å². The molecule has 2 N–H and O–H groups in total. The van der Waals surface area contributed by atoms with E-state index in [0.29, 0.717) is 11.0 Å². The van der Waals surface area contributed by atoms with Gasteiger partial charge in [-0.25, -0.2) is 0 Å². The molecule has 0 aliphatic heterocycles. The molecule has 0 saturated heterocycles. The van der Waals surface area contributed by atoms with Gasteiger partial charge in [-0.15, -0.1) is 10.2 Å². The number of furan rings is 1. The Hall–Kier alpha value is -2.54. The number of nitrogens with two attached hydrogens (primary N) is 1. The van der Waals surface area contributed by atoms with E-state index in [0.717, 1.165) is 11.1 Å². The van der Waals surface area contributed by atoms with E-state index in [4.69, 9.17) is 10.2 Å². The van der Waals surface area contributed by atoms with Crippen molar-refractivity contribution in [3.05, 3.63) is 54.5 Å². The molecular weight excluding hydrogens is 324 g/mol. The molecule has 0 saturated carbocycles. The fourth-order valence-corrected chi connectivity index (χ4v) is 3.27. The van der Waals surface area contributed by atoms with E-state index < -0.39 is 5.25 Å². The molecule has 7 heteroatoms. The Morgan fingerprint density at radius 1 is 1.21 bits per heavy atom. The standard InChI is InChI=1S/C17H18N4O2S/c1-11(13-6-4-3-5-7-13)21-16(14-8-9-23-10-14)19-20-17(21)24-12(2)15(18)22/h3-12H,1-2H3,(H2,18,22). The number of thioether (sulfide) groups is 1. The van der Waals surface area contributed by atoms with Gasteiger partial charge in [-0.3, -0.25) is 9.36 Å².